The van der Waals surface area contributed by atoms with Gasteiger partial charge in [-0.05, 0) is 90.0 Å². The highest BCUT2D eigenvalue weighted by Crippen LogP contribution is 2.43. The van der Waals surface area contributed by atoms with Gasteiger partial charge in [0.1, 0.15) is 0 Å². The Morgan fingerprint density at radius 3 is 0.872 bits per heavy atom. The van der Waals surface area contributed by atoms with E-state index in [4.69, 9.17) is 64.8 Å². The molecule has 14 aromatic carbocycles. The molecule has 8 heterocycles. The van der Waals surface area contributed by atoms with Crippen molar-refractivity contribution in [2.75, 3.05) is 0 Å². The van der Waals surface area contributed by atoms with Gasteiger partial charge < -0.3 is 0 Å². The predicted octanol–water partition coefficient (Wildman–Crippen LogP) is 25.0. The maximum absolute atomic E-state index is 5.29. The minimum Gasteiger partial charge on any atom is -0.278 e. The van der Waals surface area contributed by atoms with Crippen molar-refractivity contribution in [1.82, 2.24) is 69.4 Å². The molecule has 0 unspecified atom stereocenters. The van der Waals surface area contributed by atoms with E-state index in [2.05, 4.69) is 187 Å². The van der Waals surface area contributed by atoms with E-state index in [9.17, 15) is 0 Å². The zero-order chi connectivity index (χ0) is 77.3. The van der Waals surface area contributed by atoms with Crippen LogP contribution < -0.4 is 0 Å². The van der Waals surface area contributed by atoms with Gasteiger partial charge in [0.2, 0.25) is 5.95 Å². The summed E-state index contributed by atoms with van der Waals surface area (Å²) in [5, 5.41) is 6.81. The van der Waals surface area contributed by atoms with Crippen LogP contribution in [-0.2, 0) is 0 Å². The van der Waals surface area contributed by atoms with Crippen molar-refractivity contribution < 1.29 is 0 Å². The monoisotopic (exact) mass is 1530 g/mol. The van der Waals surface area contributed by atoms with Crippen LogP contribution >= 0.6 is 22.7 Å². The lowest BCUT2D eigenvalue weighted by Gasteiger charge is -2.11. The van der Waals surface area contributed by atoms with Crippen molar-refractivity contribution in [3.05, 3.63) is 364 Å². The summed E-state index contributed by atoms with van der Waals surface area (Å²) in [5.41, 5.74) is 17.5. The number of rotatable bonds is 15. The minimum absolute atomic E-state index is 0.548. The van der Waals surface area contributed by atoms with Gasteiger partial charge in [0, 0.05) is 123 Å². The SMILES string of the molecule is c1ccc(-c2nc(-c3ccc(-c4ccc5c(c4)sc4ccc(-c6nc(-c7ccccc7)nc(-c7ccccc7)n6)cc45)cc3)nc(-c3cccc(-c4cccc(-c5ccc(-c6nc(-c7ccccc7)nc(-c7ccc8sc9cc(-c%10nc(-c%11ccccc%11)nc(-n%11c%12ccccc%12c%12ccccc%12%11)n%10)ccc9c8c7)n6)cc5)n4)c3)n2)cc1. The lowest BCUT2D eigenvalue weighted by molar-refractivity contribution is 0.954. The van der Waals surface area contributed by atoms with Crippen molar-refractivity contribution in [3.8, 4) is 165 Å². The number of hydrogen-bond acceptors (Lipinski definition) is 15. The number of thiophene rings is 2. The van der Waals surface area contributed by atoms with E-state index >= 15 is 0 Å². The molecular formula is C101H60N14S2. The molecule has 0 aliphatic heterocycles. The van der Waals surface area contributed by atoms with E-state index in [1.807, 2.05) is 182 Å². The van der Waals surface area contributed by atoms with Gasteiger partial charge in [-0.2, -0.15) is 9.97 Å². The van der Waals surface area contributed by atoms with E-state index in [1.54, 1.807) is 22.7 Å². The molecular weight excluding hydrogens is 1470 g/mol. The molecule has 16 heteroatoms. The van der Waals surface area contributed by atoms with E-state index < -0.39 is 0 Å². The van der Waals surface area contributed by atoms with Crippen molar-refractivity contribution in [1.29, 1.82) is 0 Å². The largest absolute Gasteiger partial charge is 0.278 e. The molecule has 0 radical (unpaired) electrons. The number of benzene rings is 14. The van der Waals surface area contributed by atoms with Crippen LogP contribution in [0, 0.1) is 0 Å². The lowest BCUT2D eigenvalue weighted by Crippen LogP contribution is -2.06. The number of aromatic nitrogens is 14. The molecule has 117 heavy (non-hydrogen) atoms. The van der Waals surface area contributed by atoms with Crippen molar-refractivity contribution in [2.45, 2.75) is 0 Å². The normalized spacial score (nSPS) is 11.6. The van der Waals surface area contributed by atoms with Crippen molar-refractivity contribution >= 4 is 84.8 Å². The minimum atomic E-state index is 0.548. The highest BCUT2D eigenvalue weighted by atomic mass is 32.1. The third-order valence-electron chi connectivity index (χ3n) is 21.3. The van der Waals surface area contributed by atoms with E-state index in [0.29, 0.717) is 70.0 Å². The summed E-state index contributed by atoms with van der Waals surface area (Å²) in [6.07, 6.45) is 0. The van der Waals surface area contributed by atoms with Crippen LogP contribution in [0.25, 0.3) is 227 Å². The lowest BCUT2D eigenvalue weighted by atomic mass is 10.0. The van der Waals surface area contributed by atoms with Crippen LogP contribution in [0.2, 0.25) is 0 Å². The van der Waals surface area contributed by atoms with Crippen LogP contribution in [0.4, 0.5) is 0 Å². The van der Waals surface area contributed by atoms with Gasteiger partial charge in [-0.1, -0.05) is 285 Å². The maximum atomic E-state index is 5.29. The summed E-state index contributed by atoms with van der Waals surface area (Å²) in [7, 11) is 0. The Morgan fingerprint density at radius 1 is 0.154 bits per heavy atom. The Morgan fingerprint density at radius 2 is 0.436 bits per heavy atom. The first-order chi connectivity index (χ1) is 57.9. The molecule has 8 aromatic heterocycles. The van der Waals surface area contributed by atoms with Crippen LogP contribution in [-0.4, -0.2) is 69.4 Å². The molecule has 14 nitrogen and oxygen atoms in total. The van der Waals surface area contributed by atoms with Gasteiger partial charge >= 0.3 is 0 Å². The molecule has 0 aliphatic rings. The molecule has 0 saturated carbocycles. The zero-order valence-electron chi connectivity index (χ0n) is 62.2. The summed E-state index contributed by atoms with van der Waals surface area (Å²) in [6.45, 7) is 0. The Hall–Kier alpha value is -15.5. The van der Waals surface area contributed by atoms with Crippen molar-refractivity contribution in [3.63, 3.8) is 0 Å². The number of fused-ring (bicyclic) bond motifs is 9. The molecule has 22 rings (SSSR count). The average molecular weight is 1530 g/mol. The topological polar surface area (TPSA) is 172 Å². The van der Waals surface area contributed by atoms with Crippen LogP contribution in [0.1, 0.15) is 0 Å². The van der Waals surface area contributed by atoms with Gasteiger partial charge in [-0.25, -0.2) is 54.8 Å². The van der Waals surface area contributed by atoms with Crippen LogP contribution in [0.15, 0.2) is 364 Å². The summed E-state index contributed by atoms with van der Waals surface area (Å²) < 4.78 is 6.76. The van der Waals surface area contributed by atoms with Crippen LogP contribution in [0.3, 0.4) is 0 Å². The first-order valence-electron chi connectivity index (χ1n) is 38.4. The summed E-state index contributed by atoms with van der Waals surface area (Å²) in [6, 6.07) is 125. The van der Waals surface area contributed by atoms with E-state index in [1.165, 1.54) is 14.8 Å². The Labute approximate surface area is 678 Å². The Kier molecular flexibility index (Phi) is 16.9. The molecule has 0 fully saturated rings. The fourth-order valence-electron chi connectivity index (χ4n) is 15.4. The number of pyridine rings is 1. The molecule has 0 N–H and O–H groups in total. The quantitative estimate of drug-likeness (QED) is 0.0950. The first-order valence-corrected chi connectivity index (χ1v) is 40.1. The van der Waals surface area contributed by atoms with Crippen molar-refractivity contribution in [2.24, 2.45) is 0 Å². The fraction of sp³-hybridized carbons (Fsp3) is 0. The third kappa shape index (κ3) is 12.9. The highest BCUT2D eigenvalue weighted by Gasteiger charge is 2.23. The molecule has 0 aliphatic carbocycles. The Balaban J connectivity index is 0.539. The second kappa shape index (κ2) is 28.9. The molecule has 0 amide bonds. The smallest absolute Gasteiger partial charge is 0.238 e. The number of hydrogen-bond donors (Lipinski definition) is 0. The van der Waals surface area contributed by atoms with Crippen LogP contribution in [0.5, 0.6) is 0 Å². The number of para-hydroxylation sites is 2. The summed E-state index contributed by atoms with van der Waals surface area (Å²) >= 11 is 3.51. The summed E-state index contributed by atoms with van der Waals surface area (Å²) in [5.74, 6) is 7.02. The highest BCUT2D eigenvalue weighted by molar-refractivity contribution is 7.26. The number of nitrogens with zero attached hydrogens (tertiary/aromatic N) is 14. The maximum Gasteiger partial charge on any atom is 0.238 e. The second-order valence-electron chi connectivity index (χ2n) is 28.6. The van der Waals surface area contributed by atoms with E-state index in [-0.39, 0.29) is 0 Å². The molecule has 546 valence electrons. The average Bonchev–Trinajstić information content (AvgIpc) is 1.61. The second-order valence-corrected chi connectivity index (χ2v) is 30.8. The Bertz CT molecular complexity index is 7500. The van der Waals surface area contributed by atoms with Gasteiger partial charge in [0.15, 0.2) is 64.1 Å². The first kappa shape index (κ1) is 68.3. The predicted molar refractivity (Wildman–Crippen MR) is 474 cm³/mol. The fourth-order valence-corrected chi connectivity index (χ4v) is 17.7. The molecule has 0 atom stereocenters. The van der Waals surface area contributed by atoms with Gasteiger partial charge in [0.05, 0.1) is 22.4 Å². The molecule has 0 bridgehead atoms. The third-order valence-corrected chi connectivity index (χ3v) is 23.5. The zero-order valence-corrected chi connectivity index (χ0v) is 63.9. The summed E-state index contributed by atoms with van der Waals surface area (Å²) in [4.78, 5) is 66.8. The van der Waals surface area contributed by atoms with Gasteiger partial charge in [0.25, 0.3) is 0 Å². The van der Waals surface area contributed by atoms with Gasteiger partial charge in [-0.3, -0.25) is 4.57 Å². The van der Waals surface area contributed by atoms with Gasteiger partial charge in [-0.15, -0.1) is 22.7 Å². The molecule has 0 saturated heterocycles. The molecule has 22 aromatic rings. The standard InChI is InChI=1S/C101H60N14S2/c1-6-22-63(23-7-1)90-103-91(64-24-8-2-9-25-64)108-98(107-90)73-50-54-86-80(57-73)78-52-48-70(59-88(78)116-86)61-40-44-68(45-41-61)94-104-92(65-26-10-3-11-27-65)106-97(110-94)72-33-20-32-71(56-72)83-37-21-36-82(102-83)62-42-46-69(47-43-62)95-105-93(66-28-12-4-13-29-66)109-99(111-95)74-51-55-87-81(58-74)79-53-49-75(60-89(79)117-87)100-112-96(67-30-14-5-15-31-67)113-101(114-100)115-84-38-18-16-34-76(84)77-35-17-19-39-85(77)115/h1-60H. The van der Waals surface area contributed by atoms with E-state index in [0.717, 1.165) is 142 Å². The molecule has 0 spiro atoms.